The van der Waals surface area contributed by atoms with Gasteiger partial charge in [-0.05, 0) is 56.2 Å². The standard InChI is InChI=1S/C23H22O7/c1-5-28-22(25)14(3)29-17-10-13(2)20-18(12-17)30-19(21(20)24)11-15-6-8-16(9-7-15)23(26)27-4/h6-12,14H,5H2,1-4H3/b19-11-. The SMILES string of the molecule is CCOC(=O)C(C)Oc1cc(C)c2c(c1)O/C(=C\c1ccc(C(=O)OC)cc1)C2=O. The second kappa shape index (κ2) is 8.82. The number of carbonyl (C=O) groups is 3. The van der Waals surface area contributed by atoms with E-state index in [2.05, 4.69) is 4.74 Å². The first-order valence-electron chi connectivity index (χ1n) is 9.44. The molecule has 0 spiro atoms. The van der Waals surface area contributed by atoms with E-state index in [-0.39, 0.29) is 18.1 Å². The van der Waals surface area contributed by atoms with Crippen LogP contribution in [0, 0.1) is 6.92 Å². The van der Waals surface area contributed by atoms with Gasteiger partial charge >= 0.3 is 11.9 Å². The van der Waals surface area contributed by atoms with Gasteiger partial charge in [-0.1, -0.05) is 12.1 Å². The van der Waals surface area contributed by atoms with Gasteiger partial charge in [-0.15, -0.1) is 0 Å². The zero-order valence-corrected chi connectivity index (χ0v) is 17.2. The molecule has 0 fully saturated rings. The Kier molecular flexibility index (Phi) is 6.20. The number of hydrogen-bond donors (Lipinski definition) is 0. The van der Waals surface area contributed by atoms with Crippen LogP contribution in [0.2, 0.25) is 0 Å². The Morgan fingerprint density at radius 1 is 1.17 bits per heavy atom. The van der Waals surface area contributed by atoms with Crippen molar-refractivity contribution in [1.82, 2.24) is 0 Å². The molecule has 0 radical (unpaired) electrons. The third kappa shape index (κ3) is 4.35. The van der Waals surface area contributed by atoms with E-state index in [1.54, 1.807) is 63.2 Å². The van der Waals surface area contributed by atoms with Crippen LogP contribution in [0.25, 0.3) is 6.08 Å². The van der Waals surface area contributed by atoms with E-state index in [0.717, 1.165) is 0 Å². The highest BCUT2D eigenvalue weighted by Gasteiger charge is 2.30. The van der Waals surface area contributed by atoms with Crippen LogP contribution >= 0.6 is 0 Å². The van der Waals surface area contributed by atoms with Crippen molar-refractivity contribution < 1.29 is 33.3 Å². The number of ketones is 1. The van der Waals surface area contributed by atoms with Gasteiger partial charge in [-0.3, -0.25) is 4.79 Å². The summed E-state index contributed by atoms with van der Waals surface area (Å²) in [6.45, 7) is 5.36. The first kappa shape index (κ1) is 21.1. The molecule has 3 rings (SSSR count). The van der Waals surface area contributed by atoms with E-state index in [9.17, 15) is 14.4 Å². The fourth-order valence-electron chi connectivity index (χ4n) is 3.04. The van der Waals surface area contributed by atoms with Crippen LogP contribution in [0.1, 0.15) is 45.7 Å². The van der Waals surface area contributed by atoms with Crippen LogP contribution in [0.15, 0.2) is 42.2 Å². The fraction of sp³-hybridized carbons (Fsp3) is 0.261. The first-order valence-corrected chi connectivity index (χ1v) is 9.44. The van der Waals surface area contributed by atoms with Gasteiger partial charge in [0.25, 0.3) is 0 Å². The van der Waals surface area contributed by atoms with Crippen LogP contribution in [0.3, 0.4) is 0 Å². The molecule has 7 heteroatoms. The molecule has 0 amide bonds. The minimum atomic E-state index is -0.789. The van der Waals surface area contributed by atoms with Crippen LogP contribution < -0.4 is 9.47 Å². The van der Waals surface area contributed by atoms with E-state index in [0.29, 0.717) is 33.8 Å². The molecule has 0 aromatic heterocycles. The molecule has 156 valence electrons. The summed E-state index contributed by atoms with van der Waals surface area (Å²) in [5.74, 6) is -0.218. The van der Waals surface area contributed by atoms with Crippen molar-refractivity contribution in [2.24, 2.45) is 0 Å². The summed E-state index contributed by atoms with van der Waals surface area (Å²) >= 11 is 0. The van der Waals surface area contributed by atoms with Gasteiger partial charge in [0, 0.05) is 6.07 Å². The summed E-state index contributed by atoms with van der Waals surface area (Å²) in [5, 5.41) is 0. The maximum absolute atomic E-state index is 12.8. The van der Waals surface area contributed by atoms with Gasteiger partial charge < -0.3 is 18.9 Å². The number of carbonyl (C=O) groups excluding carboxylic acids is 3. The second-order valence-corrected chi connectivity index (χ2v) is 6.68. The number of ether oxygens (including phenoxy) is 4. The number of hydrogen-bond acceptors (Lipinski definition) is 7. The summed E-state index contributed by atoms with van der Waals surface area (Å²) in [4.78, 5) is 36.1. The average molecular weight is 410 g/mol. The highest BCUT2D eigenvalue weighted by molar-refractivity contribution is 6.15. The van der Waals surface area contributed by atoms with Crippen LogP contribution in [-0.2, 0) is 14.3 Å². The topological polar surface area (TPSA) is 88.1 Å². The Morgan fingerprint density at radius 2 is 1.87 bits per heavy atom. The molecule has 0 saturated carbocycles. The minimum Gasteiger partial charge on any atom is -0.479 e. The molecule has 1 aliphatic heterocycles. The average Bonchev–Trinajstić information content (AvgIpc) is 3.03. The van der Waals surface area contributed by atoms with Crippen molar-refractivity contribution in [2.45, 2.75) is 26.9 Å². The van der Waals surface area contributed by atoms with Crippen molar-refractivity contribution in [1.29, 1.82) is 0 Å². The number of aryl methyl sites for hydroxylation is 1. The van der Waals surface area contributed by atoms with Crippen LogP contribution in [-0.4, -0.2) is 37.5 Å². The van der Waals surface area contributed by atoms with Gasteiger partial charge in [0.05, 0.1) is 24.8 Å². The highest BCUT2D eigenvalue weighted by Crippen LogP contribution is 2.37. The summed E-state index contributed by atoms with van der Waals surface area (Å²) in [5.41, 5.74) is 2.23. The second-order valence-electron chi connectivity index (χ2n) is 6.68. The number of benzene rings is 2. The van der Waals surface area contributed by atoms with Crippen molar-refractivity contribution in [3.05, 3.63) is 64.4 Å². The van der Waals surface area contributed by atoms with Crippen molar-refractivity contribution in [2.75, 3.05) is 13.7 Å². The number of fused-ring (bicyclic) bond motifs is 1. The number of allylic oxidation sites excluding steroid dienone is 1. The molecule has 1 atom stereocenters. The first-order chi connectivity index (χ1) is 14.3. The molecule has 1 aliphatic rings. The molecule has 2 aromatic carbocycles. The maximum Gasteiger partial charge on any atom is 0.347 e. The smallest absolute Gasteiger partial charge is 0.347 e. The maximum atomic E-state index is 12.8. The van der Waals surface area contributed by atoms with Crippen molar-refractivity contribution in [3.63, 3.8) is 0 Å². The number of Topliss-reactive ketones (excluding diaryl/α,β-unsaturated/α-hetero) is 1. The number of rotatable bonds is 6. The fourth-order valence-corrected chi connectivity index (χ4v) is 3.04. The Bertz CT molecular complexity index is 1020. The molecular formula is C23H22O7. The lowest BCUT2D eigenvalue weighted by molar-refractivity contribution is -0.150. The summed E-state index contributed by atoms with van der Waals surface area (Å²) < 4.78 is 21.0. The van der Waals surface area contributed by atoms with E-state index in [1.165, 1.54) is 7.11 Å². The van der Waals surface area contributed by atoms with Gasteiger partial charge in [-0.2, -0.15) is 0 Å². The molecule has 1 heterocycles. The monoisotopic (exact) mass is 410 g/mol. The molecule has 1 unspecified atom stereocenters. The molecular weight excluding hydrogens is 388 g/mol. The third-order valence-corrected chi connectivity index (χ3v) is 4.50. The highest BCUT2D eigenvalue weighted by atomic mass is 16.6. The van der Waals surface area contributed by atoms with E-state index in [1.807, 2.05) is 0 Å². The molecule has 2 aromatic rings. The Labute approximate surface area is 174 Å². The number of esters is 2. The Hall–Kier alpha value is -3.61. The summed E-state index contributed by atoms with van der Waals surface area (Å²) in [6, 6.07) is 9.88. The predicted molar refractivity (Wildman–Crippen MR) is 109 cm³/mol. The summed E-state index contributed by atoms with van der Waals surface area (Å²) in [7, 11) is 1.31. The lowest BCUT2D eigenvalue weighted by Gasteiger charge is -2.14. The van der Waals surface area contributed by atoms with E-state index >= 15 is 0 Å². The van der Waals surface area contributed by atoms with Gasteiger partial charge in [0.15, 0.2) is 11.9 Å². The van der Waals surface area contributed by atoms with Crippen molar-refractivity contribution in [3.8, 4) is 11.5 Å². The van der Waals surface area contributed by atoms with Gasteiger partial charge in [0.1, 0.15) is 11.5 Å². The Morgan fingerprint density at radius 3 is 2.50 bits per heavy atom. The van der Waals surface area contributed by atoms with E-state index in [4.69, 9.17) is 14.2 Å². The van der Waals surface area contributed by atoms with Crippen molar-refractivity contribution >= 4 is 23.8 Å². The Balaban J connectivity index is 1.82. The van der Waals surface area contributed by atoms with Crippen LogP contribution in [0.5, 0.6) is 11.5 Å². The molecule has 0 aliphatic carbocycles. The predicted octanol–water partition coefficient (Wildman–Crippen LogP) is 3.73. The van der Waals surface area contributed by atoms with E-state index < -0.39 is 18.0 Å². The zero-order chi connectivity index (χ0) is 21.8. The van der Waals surface area contributed by atoms with Gasteiger partial charge in [0.2, 0.25) is 5.78 Å². The van der Waals surface area contributed by atoms with Crippen LogP contribution in [0.4, 0.5) is 0 Å². The summed E-state index contributed by atoms with van der Waals surface area (Å²) in [6.07, 6.45) is 0.813. The lowest BCUT2D eigenvalue weighted by Crippen LogP contribution is -2.26. The molecule has 0 bridgehead atoms. The van der Waals surface area contributed by atoms with Gasteiger partial charge in [-0.25, -0.2) is 9.59 Å². The zero-order valence-electron chi connectivity index (χ0n) is 17.2. The normalized spacial score (nSPS) is 14.7. The largest absolute Gasteiger partial charge is 0.479 e. The molecule has 0 saturated heterocycles. The molecule has 30 heavy (non-hydrogen) atoms. The molecule has 7 nitrogen and oxygen atoms in total. The minimum absolute atomic E-state index is 0.162. The lowest BCUT2D eigenvalue weighted by atomic mass is 10.0. The molecule has 0 N–H and O–H groups in total. The quantitative estimate of drug-likeness (QED) is 0.530. The third-order valence-electron chi connectivity index (χ3n) is 4.50. The number of methoxy groups -OCH3 is 1.